The van der Waals surface area contributed by atoms with E-state index in [1.807, 2.05) is 13.8 Å². The molecule has 9 heteroatoms. The summed E-state index contributed by atoms with van der Waals surface area (Å²) in [6, 6.07) is 0. The predicted octanol–water partition coefficient (Wildman–Crippen LogP) is 2.77. The topological polar surface area (TPSA) is 105 Å². The van der Waals surface area contributed by atoms with Gasteiger partial charge in [0.25, 0.3) is 0 Å². The van der Waals surface area contributed by atoms with Gasteiger partial charge in [0.15, 0.2) is 23.8 Å². The summed E-state index contributed by atoms with van der Waals surface area (Å²) in [6.07, 6.45) is 3.31. The van der Waals surface area contributed by atoms with Crippen LogP contribution in [0.3, 0.4) is 0 Å². The number of hydrogen-bond acceptors (Lipinski definition) is 7. The smallest absolute Gasteiger partial charge is 0.306 e. The van der Waals surface area contributed by atoms with E-state index in [1.54, 1.807) is 13.1 Å². The Hall–Kier alpha value is -2.42. The predicted molar refractivity (Wildman–Crippen MR) is 123 cm³/mol. The van der Waals surface area contributed by atoms with E-state index in [2.05, 4.69) is 10.5 Å². The standard InChI is InChI=1S/C26H32F2N2O5/c1-4-5-22(34)35-13-21(33)26-14(12-29-30-26)8-16-17-10-19(27)18-9-15(31)6-7-23(18,2)25(17,28)20(32)11-24(16,26)3/h6-7,9,12,14,16-17,19-20,30,32H,4-5,8,10-11,13H2,1-3H3/t14-,16-,17-,19-,20-,23-,24-,25-,26-/m0/s1. The van der Waals surface area contributed by atoms with Crippen LogP contribution in [0.15, 0.2) is 28.9 Å². The van der Waals surface area contributed by atoms with Crippen LogP contribution >= 0.6 is 0 Å². The molecule has 190 valence electrons. The number of ether oxygens (including phenoxy) is 1. The van der Waals surface area contributed by atoms with Crippen molar-refractivity contribution in [3.8, 4) is 0 Å². The highest BCUT2D eigenvalue weighted by atomic mass is 19.1. The minimum absolute atomic E-state index is 0.0617. The summed E-state index contributed by atoms with van der Waals surface area (Å²) in [4.78, 5) is 37.5. The van der Waals surface area contributed by atoms with E-state index in [0.717, 1.165) is 6.08 Å². The molecule has 3 saturated carbocycles. The third-order valence-electron chi connectivity index (χ3n) is 9.74. The maximum atomic E-state index is 17.3. The highest BCUT2D eigenvalue weighted by Gasteiger charge is 2.78. The van der Waals surface area contributed by atoms with E-state index < -0.39 is 70.4 Å². The van der Waals surface area contributed by atoms with Crippen LogP contribution < -0.4 is 5.43 Å². The van der Waals surface area contributed by atoms with Crippen LogP contribution in [-0.4, -0.2) is 58.9 Å². The van der Waals surface area contributed by atoms with Gasteiger partial charge in [0.05, 0.1) is 6.10 Å². The fourth-order valence-electron chi connectivity index (χ4n) is 8.05. The van der Waals surface area contributed by atoms with Gasteiger partial charge in [-0.15, -0.1) is 0 Å². The summed E-state index contributed by atoms with van der Waals surface area (Å²) in [5.41, 5.74) is -2.90. The van der Waals surface area contributed by atoms with Gasteiger partial charge >= 0.3 is 5.97 Å². The number of ketones is 2. The number of esters is 1. The minimum atomic E-state index is -2.21. The molecule has 2 N–H and O–H groups in total. The molecule has 0 aromatic rings. The van der Waals surface area contributed by atoms with Gasteiger partial charge in [-0.05, 0) is 56.3 Å². The normalized spacial score (nSPS) is 47.2. The number of rotatable bonds is 5. The number of nitrogens with zero attached hydrogens (tertiary/aromatic N) is 1. The van der Waals surface area contributed by atoms with Crippen LogP contribution in [0.25, 0.3) is 0 Å². The lowest BCUT2D eigenvalue weighted by atomic mass is 9.44. The SMILES string of the molecule is CCCC(=O)OCC(=O)[C@@]12NN=C[C@@H]1C[C@H]1[C@@H]3C[C@H](F)C4=CC(=O)C=C[C@]4(C)[C@@]3(F)[C@@H](O)C[C@@]12C. The average molecular weight is 491 g/mol. The van der Waals surface area contributed by atoms with Crippen molar-refractivity contribution in [3.63, 3.8) is 0 Å². The average Bonchev–Trinajstić information content (AvgIpc) is 3.33. The molecule has 0 radical (unpaired) electrons. The molecule has 9 atom stereocenters. The molecule has 0 unspecified atom stereocenters. The summed E-state index contributed by atoms with van der Waals surface area (Å²) in [6.45, 7) is 4.77. The van der Waals surface area contributed by atoms with Gasteiger partial charge in [-0.25, -0.2) is 8.78 Å². The summed E-state index contributed by atoms with van der Waals surface area (Å²) in [5, 5.41) is 15.6. The first kappa shape index (κ1) is 24.3. The molecule has 0 aromatic heterocycles. The second kappa shape index (κ2) is 7.79. The number of nitrogens with one attached hydrogen (secondary N) is 1. The first-order valence-electron chi connectivity index (χ1n) is 12.4. The Labute approximate surface area is 203 Å². The molecule has 0 amide bonds. The number of alkyl halides is 2. The molecule has 0 bridgehead atoms. The Morgan fingerprint density at radius 2 is 2.03 bits per heavy atom. The van der Waals surface area contributed by atoms with Gasteiger partial charge in [-0.2, -0.15) is 5.10 Å². The van der Waals surface area contributed by atoms with E-state index in [0.29, 0.717) is 12.8 Å². The lowest BCUT2D eigenvalue weighted by Gasteiger charge is -2.63. The molecule has 35 heavy (non-hydrogen) atoms. The van der Waals surface area contributed by atoms with Crippen molar-refractivity contribution in [2.24, 2.45) is 33.7 Å². The molecule has 1 heterocycles. The number of halogens is 2. The zero-order chi connectivity index (χ0) is 25.4. The Balaban J connectivity index is 1.54. The largest absolute Gasteiger partial charge is 0.458 e. The second-order valence-electron chi connectivity index (χ2n) is 11.2. The molecule has 0 aromatic carbocycles. The lowest BCUT2D eigenvalue weighted by molar-refractivity contribution is -0.206. The van der Waals surface area contributed by atoms with Crippen LogP contribution in [0.1, 0.15) is 52.9 Å². The molecule has 5 rings (SSSR count). The zero-order valence-electron chi connectivity index (χ0n) is 20.2. The zero-order valence-corrected chi connectivity index (χ0v) is 20.2. The highest BCUT2D eigenvalue weighted by Crippen LogP contribution is 2.71. The number of carbonyl (C=O) groups is 3. The molecular formula is C26H32F2N2O5. The van der Waals surface area contributed by atoms with E-state index >= 15 is 8.78 Å². The maximum absolute atomic E-state index is 17.3. The molecule has 0 spiro atoms. The van der Waals surface area contributed by atoms with Gasteiger partial charge < -0.3 is 9.84 Å². The van der Waals surface area contributed by atoms with E-state index in [9.17, 15) is 19.5 Å². The second-order valence-corrected chi connectivity index (χ2v) is 11.2. The monoisotopic (exact) mass is 490 g/mol. The summed E-state index contributed by atoms with van der Waals surface area (Å²) < 4.78 is 38.0. The number of hydrazone groups is 1. The van der Waals surface area contributed by atoms with Crippen molar-refractivity contribution in [1.82, 2.24) is 5.43 Å². The van der Waals surface area contributed by atoms with Gasteiger partial charge in [-0.3, -0.25) is 19.8 Å². The summed E-state index contributed by atoms with van der Waals surface area (Å²) >= 11 is 0. The first-order chi connectivity index (χ1) is 16.5. The molecule has 4 aliphatic carbocycles. The highest BCUT2D eigenvalue weighted by molar-refractivity contribution is 6.01. The summed E-state index contributed by atoms with van der Waals surface area (Å²) in [7, 11) is 0. The van der Waals surface area contributed by atoms with E-state index in [4.69, 9.17) is 4.74 Å². The Morgan fingerprint density at radius 3 is 2.74 bits per heavy atom. The molecule has 7 nitrogen and oxygen atoms in total. The van der Waals surface area contributed by atoms with Crippen molar-refractivity contribution < 1.29 is 33.0 Å². The Kier molecular flexibility index (Phi) is 5.40. The number of Topliss-reactive ketones (excluding diaryl/α,β-unsaturated/α-hetero) is 1. The quantitative estimate of drug-likeness (QED) is 0.575. The Morgan fingerprint density at radius 1 is 1.29 bits per heavy atom. The molecule has 5 aliphatic rings. The van der Waals surface area contributed by atoms with Crippen LogP contribution in [0, 0.1) is 28.6 Å². The summed E-state index contributed by atoms with van der Waals surface area (Å²) in [5.74, 6) is -2.99. The third kappa shape index (κ3) is 2.90. The van der Waals surface area contributed by atoms with Gasteiger partial charge in [0.2, 0.25) is 0 Å². The number of allylic oxidation sites excluding steroid dienone is 4. The molecule has 3 fully saturated rings. The van der Waals surface area contributed by atoms with E-state index in [-0.39, 0.29) is 30.6 Å². The first-order valence-corrected chi connectivity index (χ1v) is 12.4. The fourth-order valence-corrected chi connectivity index (χ4v) is 8.05. The number of aliphatic hydroxyl groups is 1. The molecular weight excluding hydrogens is 458 g/mol. The number of hydrogen-bond donors (Lipinski definition) is 2. The number of fused-ring (bicyclic) bond motifs is 7. The van der Waals surface area contributed by atoms with Crippen molar-refractivity contribution >= 4 is 23.8 Å². The maximum Gasteiger partial charge on any atom is 0.306 e. The molecule has 1 aliphatic heterocycles. The van der Waals surface area contributed by atoms with Crippen molar-refractivity contribution in [2.75, 3.05) is 6.61 Å². The number of carbonyl (C=O) groups excluding carboxylic acids is 3. The molecule has 0 saturated heterocycles. The van der Waals surface area contributed by atoms with Crippen LogP contribution in [0.5, 0.6) is 0 Å². The van der Waals surface area contributed by atoms with Crippen LogP contribution in [-0.2, 0) is 19.1 Å². The van der Waals surface area contributed by atoms with Crippen molar-refractivity contribution in [3.05, 3.63) is 23.8 Å². The van der Waals surface area contributed by atoms with Crippen molar-refractivity contribution in [1.29, 1.82) is 0 Å². The van der Waals surface area contributed by atoms with Gasteiger partial charge in [0, 0.05) is 35.3 Å². The van der Waals surface area contributed by atoms with Gasteiger partial charge in [0.1, 0.15) is 11.7 Å². The van der Waals surface area contributed by atoms with Crippen molar-refractivity contribution in [2.45, 2.75) is 76.4 Å². The third-order valence-corrected chi connectivity index (χ3v) is 9.74. The minimum Gasteiger partial charge on any atom is -0.458 e. The lowest BCUT2D eigenvalue weighted by Crippen LogP contribution is -2.72. The Bertz CT molecular complexity index is 1070. The van der Waals surface area contributed by atoms with Crippen LogP contribution in [0.4, 0.5) is 8.78 Å². The van der Waals surface area contributed by atoms with Crippen LogP contribution in [0.2, 0.25) is 0 Å². The number of aliphatic hydroxyl groups excluding tert-OH is 1. The van der Waals surface area contributed by atoms with E-state index in [1.165, 1.54) is 12.2 Å². The van der Waals surface area contributed by atoms with Gasteiger partial charge in [-0.1, -0.05) is 19.9 Å². The fraction of sp³-hybridized carbons (Fsp3) is 0.692.